The Labute approximate surface area is 166 Å². The smallest absolute Gasteiger partial charge is 0.227 e. The number of benzene rings is 1. The van der Waals surface area contributed by atoms with Crippen LogP contribution in [-0.4, -0.2) is 74.3 Å². The molecule has 0 spiro atoms. The van der Waals surface area contributed by atoms with Crippen molar-refractivity contribution in [3.63, 3.8) is 0 Å². The topological polar surface area (TPSA) is 62.5 Å². The molecule has 7 heteroatoms. The normalized spacial score (nSPS) is 18.2. The van der Waals surface area contributed by atoms with Crippen LogP contribution in [-0.2, 0) is 0 Å². The molecule has 146 valence electrons. The van der Waals surface area contributed by atoms with Gasteiger partial charge in [-0.25, -0.2) is 4.98 Å². The SMILES string of the molecule is Cc1cc(N2CCN(C)CC2)nc(N2CCN(c3cccc(C#N)c3)CC2)n1. The van der Waals surface area contributed by atoms with Crippen LogP contribution in [0, 0.1) is 18.3 Å². The van der Waals surface area contributed by atoms with E-state index in [1.807, 2.05) is 25.1 Å². The molecule has 2 aromatic rings. The van der Waals surface area contributed by atoms with E-state index in [0.29, 0.717) is 5.56 Å². The Kier molecular flexibility index (Phi) is 5.31. The molecule has 0 saturated carbocycles. The highest BCUT2D eigenvalue weighted by Gasteiger charge is 2.22. The second kappa shape index (κ2) is 8.03. The van der Waals surface area contributed by atoms with E-state index < -0.39 is 0 Å². The molecular weight excluding hydrogens is 350 g/mol. The summed E-state index contributed by atoms with van der Waals surface area (Å²) in [5.41, 5.74) is 2.84. The van der Waals surface area contributed by atoms with Gasteiger partial charge in [0.1, 0.15) is 5.82 Å². The number of likely N-dealkylation sites (N-methyl/N-ethyl adjacent to an activating group) is 1. The third-order valence-electron chi connectivity index (χ3n) is 5.56. The van der Waals surface area contributed by atoms with Crippen LogP contribution in [0.3, 0.4) is 0 Å². The van der Waals surface area contributed by atoms with Crippen LogP contribution in [0.25, 0.3) is 0 Å². The Morgan fingerprint density at radius 2 is 1.54 bits per heavy atom. The Balaban J connectivity index is 1.45. The fourth-order valence-electron chi connectivity index (χ4n) is 3.81. The highest BCUT2D eigenvalue weighted by Crippen LogP contribution is 2.22. The molecule has 0 N–H and O–H groups in total. The second-order valence-electron chi connectivity index (χ2n) is 7.59. The average molecular weight is 377 g/mol. The van der Waals surface area contributed by atoms with Crippen molar-refractivity contribution in [3.8, 4) is 6.07 Å². The lowest BCUT2D eigenvalue weighted by atomic mass is 10.2. The van der Waals surface area contributed by atoms with Crippen molar-refractivity contribution in [2.45, 2.75) is 6.92 Å². The number of anilines is 3. The summed E-state index contributed by atoms with van der Waals surface area (Å²) in [6.45, 7) is 9.76. The van der Waals surface area contributed by atoms with Crippen molar-refractivity contribution in [2.24, 2.45) is 0 Å². The van der Waals surface area contributed by atoms with Gasteiger partial charge in [0.15, 0.2) is 0 Å². The Hall–Kier alpha value is -2.85. The van der Waals surface area contributed by atoms with E-state index in [0.717, 1.165) is 75.5 Å². The van der Waals surface area contributed by atoms with Crippen molar-refractivity contribution >= 4 is 17.5 Å². The summed E-state index contributed by atoms with van der Waals surface area (Å²) in [6, 6.07) is 12.2. The average Bonchev–Trinajstić information content (AvgIpc) is 2.74. The largest absolute Gasteiger partial charge is 0.368 e. The number of hydrogen-bond acceptors (Lipinski definition) is 7. The molecule has 0 radical (unpaired) electrons. The summed E-state index contributed by atoms with van der Waals surface area (Å²) < 4.78 is 0. The number of nitriles is 1. The van der Waals surface area contributed by atoms with Gasteiger partial charge < -0.3 is 19.6 Å². The monoisotopic (exact) mass is 377 g/mol. The minimum atomic E-state index is 0.707. The molecule has 0 bridgehead atoms. The maximum Gasteiger partial charge on any atom is 0.227 e. The van der Waals surface area contributed by atoms with E-state index in [2.05, 4.69) is 44.8 Å². The minimum Gasteiger partial charge on any atom is -0.368 e. The third-order valence-corrected chi connectivity index (χ3v) is 5.56. The van der Waals surface area contributed by atoms with Gasteiger partial charge in [-0.05, 0) is 32.2 Å². The predicted molar refractivity (Wildman–Crippen MR) is 112 cm³/mol. The van der Waals surface area contributed by atoms with Crippen LogP contribution in [0.1, 0.15) is 11.3 Å². The first-order valence-electron chi connectivity index (χ1n) is 9.91. The van der Waals surface area contributed by atoms with E-state index in [4.69, 9.17) is 15.2 Å². The van der Waals surface area contributed by atoms with Gasteiger partial charge in [-0.15, -0.1) is 0 Å². The number of nitrogens with zero attached hydrogens (tertiary/aromatic N) is 7. The fourth-order valence-corrected chi connectivity index (χ4v) is 3.81. The molecular formula is C21H27N7. The van der Waals surface area contributed by atoms with Crippen LogP contribution in [0.15, 0.2) is 30.3 Å². The van der Waals surface area contributed by atoms with Crippen molar-refractivity contribution in [1.29, 1.82) is 5.26 Å². The van der Waals surface area contributed by atoms with Crippen molar-refractivity contribution in [3.05, 3.63) is 41.6 Å². The summed E-state index contributed by atoms with van der Waals surface area (Å²) >= 11 is 0. The fraction of sp³-hybridized carbons (Fsp3) is 0.476. The number of aromatic nitrogens is 2. The lowest BCUT2D eigenvalue weighted by Crippen LogP contribution is -2.47. The van der Waals surface area contributed by atoms with E-state index >= 15 is 0 Å². The number of rotatable bonds is 3. The summed E-state index contributed by atoms with van der Waals surface area (Å²) in [5, 5.41) is 9.13. The molecule has 0 unspecified atom stereocenters. The van der Waals surface area contributed by atoms with Gasteiger partial charge in [0.2, 0.25) is 5.95 Å². The molecule has 7 nitrogen and oxygen atoms in total. The van der Waals surface area contributed by atoms with E-state index in [1.165, 1.54) is 0 Å². The van der Waals surface area contributed by atoms with E-state index in [9.17, 15) is 0 Å². The summed E-state index contributed by atoms with van der Waals surface area (Å²) in [4.78, 5) is 18.9. The zero-order valence-corrected chi connectivity index (χ0v) is 16.7. The van der Waals surface area contributed by atoms with Gasteiger partial charge in [-0.2, -0.15) is 10.2 Å². The quantitative estimate of drug-likeness (QED) is 0.807. The van der Waals surface area contributed by atoms with Crippen molar-refractivity contribution in [2.75, 3.05) is 74.1 Å². The minimum absolute atomic E-state index is 0.707. The lowest BCUT2D eigenvalue weighted by molar-refractivity contribution is 0.312. The van der Waals surface area contributed by atoms with Gasteiger partial charge in [-0.3, -0.25) is 0 Å². The Bertz CT molecular complexity index is 859. The first-order valence-corrected chi connectivity index (χ1v) is 9.91. The zero-order valence-electron chi connectivity index (χ0n) is 16.7. The maximum atomic E-state index is 9.13. The standard InChI is InChI=1S/C21H27N7/c1-17-14-20(27-8-6-25(2)7-9-27)24-21(23-17)28-12-10-26(11-13-28)19-5-3-4-18(15-19)16-22/h3-5,14-15H,6-13H2,1-2H3. The molecule has 1 aromatic carbocycles. The zero-order chi connectivity index (χ0) is 19.5. The summed E-state index contributed by atoms with van der Waals surface area (Å²) in [5.74, 6) is 1.87. The van der Waals surface area contributed by atoms with Crippen LogP contribution >= 0.6 is 0 Å². The molecule has 2 saturated heterocycles. The molecule has 0 amide bonds. The molecule has 3 heterocycles. The predicted octanol–water partition coefficient (Wildman–Crippen LogP) is 1.74. The van der Waals surface area contributed by atoms with E-state index in [1.54, 1.807) is 0 Å². The molecule has 4 rings (SSSR count). The lowest BCUT2D eigenvalue weighted by Gasteiger charge is -2.37. The van der Waals surface area contributed by atoms with Crippen LogP contribution < -0.4 is 14.7 Å². The molecule has 1 aromatic heterocycles. The first kappa shape index (κ1) is 18.5. The highest BCUT2D eigenvalue weighted by molar-refractivity contribution is 5.53. The van der Waals surface area contributed by atoms with Crippen LogP contribution in [0.2, 0.25) is 0 Å². The van der Waals surface area contributed by atoms with Gasteiger partial charge in [0.05, 0.1) is 11.6 Å². The van der Waals surface area contributed by atoms with Gasteiger partial charge in [-0.1, -0.05) is 6.07 Å². The van der Waals surface area contributed by atoms with Crippen LogP contribution in [0.4, 0.5) is 17.5 Å². The van der Waals surface area contributed by atoms with E-state index in [-0.39, 0.29) is 0 Å². The molecule has 2 aliphatic heterocycles. The molecule has 28 heavy (non-hydrogen) atoms. The number of aryl methyl sites for hydroxylation is 1. The van der Waals surface area contributed by atoms with Gasteiger partial charge in [0, 0.05) is 69.8 Å². The second-order valence-corrected chi connectivity index (χ2v) is 7.59. The van der Waals surface area contributed by atoms with Gasteiger partial charge >= 0.3 is 0 Å². The summed E-state index contributed by atoms with van der Waals surface area (Å²) in [7, 11) is 2.17. The number of piperazine rings is 2. The van der Waals surface area contributed by atoms with Crippen molar-refractivity contribution < 1.29 is 0 Å². The molecule has 0 aliphatic carbocycles. The maximum absolute atomic E-state index is 9.13. The van der Waals surface area contributed by atoms with Crippen molar-refractivity contribution in [1.82, 2.24) is 14.9 Å². The Morgan fingerprint density at radius 1 is 0.857 bits per heavy atom. The molecule has 2 aliphatic rings. The third kappa shape index (κ3) is 4.02. The summed E-state index contributed by atoms with van der Waals surface area (Å²) in [6.07, 6.45) is 0. The number of hydrogen-bond donors (Lipinski definition) is 0. The molecule has 2 fully saturated rings. The van der Waals surface area contributed by atoms with Gasteiger partial charge in [0.25, 0.3) is 0 Å². The highest BCUT2D eigenvalue weighted by atomic mass is 15.3. The van der Waals surface area contributed by atoms with Crippen LogP contribution in [0.5, 0.6) is 0 Å². The Morgan fingerprint density at radius 3 is 2.25 bits per heavy atom. The molecule has 0 atom stereocenters. The first-order chi connectivity index (χ1) is 13.6.